The lowest BCUT2D eigenvalue weighted by atomic mass is 10.1. The first-order valence-electron chi connectivity index (χ1n) is 10.8. The van der Waals surface area contributed by atoms with E-state index >= 15 is 0 Å². The molecule has 0 bridgehead atoms. The molecule has 0 fully saturated rings. The maximum atomic E-state index is 5.63. The number of anilines is 2. The zero-order valence-electron chi connectivity index (χ0n) is 18.5. The SMILES string of the molecule is CCOc1ccc(Nc2ncnc3c2c(-c2ccccc2)cn3-c2ccccc2OC)cc1. The van der Waals surface area contributed by atoms with Gasteiger partial charge in [0.15, 0.2) is 5.65 Å². The summed E-state index contributed by atoms with van der Waals surface area (Å²) in [5.74, 6) is 2.34. The monoisotopic (exact) mass is 436 g/mol. The molecule has 0 saturated carbocycles. The minimum atomic E-state index is 0.635. The van der Waals surface area contributed by atoms with Crippen LogP contribution in [0, 0.1) is 0 Å². The van der Waals surface area contributed by atoms with Crippen LogP contribution in [0.2, 0.25) is 0 Å². The number of ether oxygens (including phenoxy) is 2. The van der Waals surface area contributed by atoms with Gasteiger partial charge in [0.05, 0.1) is 24.8 Å². The molecule has 2 aromatic heterocycles. The highest BCUT2D eigenvalue weighted by Gasteiger charge is 2.19. The molecule has 0 amide bonds. The van der Waals surface area contributed by atoms with E-state index in [0.717, 1.165) is 50.9 Å². The Labute approximate surface area is 192 Å². The van der Waals surface area contributed by atoms with Crippen LogP contribution in [0.5, 0.6) is 11.5 Å². The highest BCUT2D eigenvalue weighted by Crippen LogP contribution is 2.38. The standard InChI is InChI=1S/C27H24N4O2/c1-3-33-21-15-13-20(14-16-21)30-26-25-22(19-9-5-4-6-10-19)17-31(27(25)29-18-28-26)23-11-7-8-12-24(23)32-2/h4-18H,3H2,1-2H3,(H,28,29,30). The summed E-state index contributed by atoms with van der Waals surface area (Å²) in [4.78, 5) is 9.25. The number of hydrogen-bond acceptors (Lipinski definition) is 5. The van der Waals surface area contributed by atoms with E-state index in [9.17, 15) is 0 Å². The van der Waals surface area contributed by atoms with Gasteiger partial charge in [0, 0.05) is 17.4 Å². The number of nitrogens with one attached hydrogen (secondary N) is 1. The molecule has 0 radical (unpaired) electrons. The molecule has 0 unspecified atom stereocenters. The third-order valence-electron chi connectivity index (χ3n) is 5.44. The number of rotatable bonds is 7. The molecule has 2 heterocycles. The third kappa shape index (κ3) is 3.99. The van der Waals surface area contributed by atoms with Crippen LogP contribution in [0.3, 0.4) is 0 Å². The van der Waals surface area contributed by atoms with Gasteiger partial charge in [0.2, 0.25) is 0 Å². The van der Waals surface area contributed by atoms with Crippen LogP contribution >= 0.6 is 0 Å². The Morgan fingerprint density at radius 3 is 2.39 bits per heavy atom. The van der Waals surface area contributed by atoms with Crippen molar-refractivity contribution in [1.82, 2.24) is 14.5 Å². The number of benzene rings is 3. The predicted molar refractivity (Wildman–Crippen MR) is 132 cm³/mol. The normalized spacial score (nSPS) is 10.8. The smallest absolute Gasteiger partial charge is 0.150 e. The van der Waals surface area contributed by atoms with Crippen molar-refractivity contribution in [2.24, 2.45) is 0 Å². The minimum Gasteiger partial charge on any atom is -0.495 e. The maximum absolute atomic E-state index is 5.63. The zero-order valence-corrected chi connectivity index (χ0v) is 18.5. The molecule has 33 heavy (non-hydrogen) atoms. The van der Waals surface area contributed by atoms with E-state index < -0.39 is 0 Å². The van der Waals surface area contributed by atoms with Gasteiger partial charge in [-0.3, -0.25) is 4.57 Å². The van der Waals surface area contributed by atoms with Gasteiger partial charge in [-0.15, -0.1) is 0 Å². The molecule has 0 aliphatic rings. The largest absolute Gasteiger partial charge is 0.495 e. The lowest BCUT2D eigenvalue weighted by Gasteiger charge is -2.11. The lowest BCUT2D eigenvalue weighted by molar-refractivity contribution is 0.340. The molecule has 5 aromatic rings. The van der Waals surface area contributed by atoms with E-state index in [1.54, 1.807) is 13.4 Å². The number of para-hydroxylation sites is 2. The van der Waals surface area contributed by atoms with Gasteiger partial charge in [-0.05, 0) is 48.9 Å². The van der Waals surface area contributed by atoms with E-state index in [4.69, 9.17) is 9.47 Å². The molecule has 0 aliphatic carbocycles. The quantitative estimate of drug-likeness (QED) is 0.327. The van der Waals surface area contributed by atoms with Crippen molar-refractivity contribution in [2.75, 3.05) is 19.0 Å². The summed E-state index contributed by atoms with van der Waals surface area (Å²) < 4.78 is 13.2. The van der Waals surface area contributed by atoms with Gasteiger partial charge >= 0.3 is 0 Å². The van der Waals surface area contributed by atoms with Crippen LogP contribution in [0.25, 0.3) is 27.8 Å². The van der Waals surface area contributed by atoms with E-state index in [-0.39, 0.29) is 0 Å². The zero-order chi connectivity index (χ0) is 22.6. The van der Waals surface area contributed by atoms with Gasteiger partial charge in [0.25, 0.3) is 0 Å². The Morgan fingerprint density at radius 2 is 1.64 bits per heavy atom. The number of fused-ring (bicyclic) bond motifs is 1. The molecule has 0 spiro atoms. The van der Waals surface area contributed by atoms with Gasteiger partial charge in [-0.25, -0.2) is 9.97 Å². The lowest BCUT2D eigenvalue weighted by Crippen LogP contribution is -2.00. The average molecular weight is 437 g/mol. The molecule has 0 atom stereocenters. The van der Waals surface area contributed by atoms with Gasteiger partial charge in [0.1, 0.15) is 23.6 Å². The van der Waals surface area contributed by atoms with E-state index in [2.05, 4.69) is 38.2 Å². The van der Waals surface area contributed by atoms with Gasteiger partial charge in [-0.2, -0.15) is 0 Å². The van der Waals surface area contributed by atoms with Crippen LogP contribution in [0.15, 0.2) is 91.4 Å². The van der Waals surface area contributed by atoms with Gasteiger partial charge < -0.3 is 14.8 Å². The van der Waals surface area contributed by atoms with Crippen LogP contribution < -0.4 is 14.8 Å². The number of aromatic nitrogens is 3. The summed E-state index contributed by atoms with van der Waals surface area (Å²) >= 11 is 0. The maximum Gasteiger partial charge on any atom is 0.150 e. The molecule has 0 aliphatic heterocycles. The summed E-state index contributed by atoms with van der Waals surface area (Å²) in [6, 6.07) is 26.0. The van der Waals surface area contributed by atoms with Crippen LogP contribution in [-0.2, 0) is 0 Å². The highest BCUT2D eigenvalue weighted by molar-refractivity contribution is 6.03. The fourth-order valence-corrected chi connectivity index (χ4v) is 3.94. The molecule has 5 rings (SSSR count). The van der Waals surface area contributed by atoms with Crippen molar-refractivity contribution in [1.29, 1.82) is 0 Å². The summed E-state index contributed by atoms with van der Waals surface area (Å²) in [6.07, 6.45) is 3.68. The van der Waals surface area contributed by atoms with E-state index in [1.807, 2.05) is 73.7 Å². The Bertz CT molecular complexity index is 1380. The molecule has 164 valence electrons. The number of nitrogens with zero attached hydrogens (tertiary/aromatic N) is 3. The van der Waals surface area contributed by atoms with Gasteiger partial charge in [-0.1, -0.05) is 42.5 Å². The first-order chi connectivity index (χ1) is 16.3. The Balaban J connectivity index is 1.69. The first kappa shape index (κ1) is 20.6. The van der Waals surface area contributed by atoms with Crippen molar-refractivity contribution in [2.45, 2.75) is 6.92 Å². The van der Waals surface area contributed by atoms with Crippen LogP contribution in [0.4, 0.5) is 11.5 Å². The summed E-state index contributed by atoms with van der Waals surface area (Å²) in [6.45, 7) is 2.61. The van der Waals surface area contributed by atoms with Crippen LogP contribution in [0.1, 0.15) is 6.92 Å². The topological polar surface area (TPSA) is 61.2 Å². The highest BCUT2D eigenvalue weighted by atomic mass is 16.5. The van der Waals surface area contributed by atoms with Crippen LogP contribution in [-0.4, -0.2) is 28.3 Å². The second-order valence-corrected chi connectivity index (χ2v) is 7.45. The van der Waals surface area contributed by atoms with Crippen molar-refractivity contribution < 1.29 is 9.47 Å². The summed E-state index contributed by atoms with van der Waals surface area (Å²) in [5.41, 5.74) is 4.74. The summed E-state index contributed by atoms with van der Waals surface area (Å²) in [7, 11) is 1.68. The minimum absolute atomic E-state index is 0.635. The molecule has 1 N–H and O–H groups in total. The first-order valence-corrected chi connectivity index (χ1v) is 10.8. The second kappa shape index (κ2) is 9.04. The van der Waals surface area contributed by atoms with Crippen molar-refractivity contribution in [3.05, 3.63) is 91.4 Å². The summed E-state index contributed by atoms with van der Waals surface area (Å²) in [5, 5.41) is 4.40. The molecule has 3 aromatic carbocycles. The Morgan fingerprint density at radius 1 is 0.879 bits per heavy atom. The van der Waals surface area contributed by atoms with Crippen molar-refractivity contribution in [3.8, 4) is 28.3 Å². The third-order valence-corrected chi connectivity index (χ3v) is 5.44. The van der Waals surface area contributed by atoms with E-state index in [1.165, 1.54) is 0 Å². The predicted octanol–water partition coefficient (Wildman–Crippen LogP) is 6.24. The fourth-order valence-electron chi connectivity index (χ4n) is 3.94. The fraction of sp³-hybridized carbons (Fsp3) is 0.111. The molecule has 6 heteroatoms. The Kier molecular flexibility index (Phi) is 5.64. The average Bonchev–Trinajstić information content (AvgIpc) is 3.26. The van der Waals surface area contributed by atoms with E-state index in [0.29, 0.717) is 6.61 Å². The molecular weight excluding hydrogens is 412 g/mol. The number of methoxy groups -OCH3 is 1. The second-order valence-electron chi connectivity index (χ2n) is 7.45. The molecular formula is C27H24N4O2. The molecule has 0 saturated heterocycles. The number of hydrogen-bond donors (Lipinski definition) is 1. The van der Waals surface area contributed by atoms with Crippen molar-refractivity contribution in [3.63, 3.8) is 0 Å². The molecule has 6 nitrogen and oxygen atoms in total. The Hall–Kier alpha value is -4.32. The van der Waals surface area contributed by atoms with Crippen molar-refractivity contribution >= 4 is 22.5 Å².